The molecule has 23 heavy (non-hydrogen) atoms. The van der Waals surface area contributed by atoms with Crippen LogP contribution in [-0.4, -0.2) is 22.4 Å². The predicted molar refractivity (Wildman–Crippen MR) is 84.2 cm³/mol. The van der Waals surface area contributed by atoms with Crippen LogP contribution in [0.5, 0.6) is 23.0 Å². The number of benzene rings is 2. The summed E-state index contributed by atoms with van der Waals surface area (Å²) in [5.41, 5.74) is 0.337. The molecule has 0 fully saturated rings. The van der Waals surface area contributed by atoms with Crippen molar-refractivity contribution >= 4 is 11.0 Å². The van der Waals surface area contributed by atoms with E-state index in [4.69, 9.17) is 9.15 Å². The number of hydrogen-bond donors (Lipinski definition) is 3. The Kier molecular flexibility index (Phi) is 3.37. The van der Waals surface area contributed by atoms with Crippen LogP contribution < -0.4 is 10.2 Å². The fourth-order valence-electron chi connectivity index (χ4n) is 2.46. The summed E-state index contributed by atoms with van der Waals surface area (Å²) < 4.78 is 10.8. The van der Waals surface area contributed by atoms with Crippen LogP contribution in [0, 0.1) is 6.92 Å². The zero-order valence-corrected chi connectivity index (χ0v) is 12.5. The van der Waals surface area contributed by atoms with Crippen molar-refractivity contribution in [1.82, 2.24) is 0 Å². The molecule has 3 rings (SSSR count). The quantitative estimate of drug-likeness (QED) is 0.672. The third-order valence-electron chi connectivity index (χ3n) is 3.67. The summed E-state index contributed by atoms with van der Waals surface area (Å²) in [6.07, 6.45) is 0. The first-order valence-corrected chi connectivity index (χ1v) is 6.79. The molecule has 0 atom stereocenters. The molecule has 0 amide bonds. The van der Waals surface area contributed by atoms with Gasteiger partial charge in [0.05, 0.1) is 7.11 Å². The molecule has 0 aliphatic heterocycles. The average molecular weight is 314 g/mol. The van der Waals surface area contributed by atoms with Crippen molar-refractivity contribution in [2.75, 3.05) is 7.11 Å². The average Bonchev–Trinajstić information content (AvgIpc) is 2.54. The van der Waals surface area contributed by atoms with Crippen LogP contribution >= 0.6 is 0 Å². The molecular formula is C17H14O6. The van der Waals surface area contributed by atoms with Crippen molar-refractivity contribution in [3.63, 3.8) is 0 Å². The van der Waals surface area contributed by atoms with E-state index in [1.54, 1.807) is 6.92 Å². The van der Waals surface area contributed by atoms with Gasteiger partial charge in [-0.25, -0.2) is 0 Å². The van der Waals surface area contributed by atoms with Crippen molar-refractivity contribution in [2.45, 2.75) is 6.92 Å². The maximum atomic E-state index is 12.4. The smallest absolute Gasteiger partial charge is 0.238 e. The van der Waals surface area contributed by atoms with Crippen molar-refractivity contribution < 1.29 is 24.5 Å². The molecule has 0 aliphatic carbocycles. The van der Waals surface area contributed by atoms with Gasteiger partial charge >= 0.3 is 0 Å². The van der Waals surface area contributed by atoms with Gasteiger partial charge in [-0.3, -0.25) is 4.79 Å². The normalized spacial score (nSPS) is 10.9. The van der Waals surface area contributed by atoms with Gasteiger partial charge in [0.2, 0.25) is 11.2 Å². The van der Waals surface area contributed by atoms with Crippen LogP contribution in [0.4, 0.5) is 0 Å². The van der Waals surface area contributed by atoms with Gasteiger partial charge in [-0.05, 0) is 31.2 Å². The molecule has 6 heteroatoms. The van der Waals surface area contributed by atoms with Gasteiger partial charge in [-0.2, -0.15) is 0 Å². The number of phenolic OH excluding ortho intramolecular Hbond substituents is 2. The maximum absolute atomic E-state index is 12.4. The van der Waals surface area contributed by atoms with Crippen molar-refractivity contribution in [1.29, 1.82) is 0 Å². The molecule has 1 heterocycles. The molecular weight excluding hydrogens is 300 g/mol. The highest BCUT2D eigenvalue weighted by molar-refractivity contribution is 5.90. The number of aryl methyl sites for hydroxylation is 1. The Morgan fingerprint density at radius 2 is 1.74 bits per heavy atom. The minimum Gasteiger partial charge on any atom is -0.508 e. The zero-order valence-electron chi connectivity index (χ0n) is 12.5. The van der Waals surface area contributed by atoms with Crippen LogP contribution in [0.2, 0.25) is 0 Å². The predicted octanol–water partition coefficient (Wildman–Crippen LogP) is 2.89. The van der Waals surface area contributed by atoms with Crippen LogP contribution in [0.25, 0.3) is 22.3 Å². The highest BCUT2D eigenvalue weighted by Gasteiger charge is 2.21. The van der Waals surface area contributed by atoms with E-state index in [0.29, 0.717) is 16.9 Å². The number of fused-ring (bicyclic) bond motifs is 1. The van der Waals surface area contributed by atoms with Crippen molar-refractivity contribution in [3.8, 4) is 34.3 Å². The SMILES string of the molecule is COc1cc(O)c2c(=O)c(O)c(-c3ccc(O)cc3)oc2c1C. The molecule has 1 aromatic heterocycles. The summed E-state index contributed by atoms with van der Waals surface area (Å²) in [5, 5.41) is 29.4. The lowest BCUT2D eigenvalue weighted by Crippen LogP contribution is -2.04. The van der Waals surface area contributed by atoms with Crippen LogP contribution in [0.3, 0.4) is 0 Å². The maximum Gasteiger partial charge on any atom is 0.238 e. The number of rotatable bonds is 2. The monoisotopic (exact) mass is 314 g/mol. The number of phenols is 2. The molecule has 0 spiro atoms. The Balaban J connectivity index is 2.41. The minimum atomic E-state index is -0.738. The Morgan fingerprint density at radius 1 is 1.09 bits per heavy atom. The third-order valence-corrected chi connectivity index (χ3v) is 3.67. The third kappa shape index (κ3) is 2.24. The molecule has 0 saturated heterocycles. The summed E-state index contributed by atoms with van der Waals surface area (Å²) in [7, 11) is 1.44. The van der Waals surface area contributed by atoms with E-state index in [9.17, 15) is 20.1 Å². The number of methoxy groups -OCH3 is 1. The second-order valence-electron chi connectivity index (χ2n) is 5.08. The van der Waals surface area contributed by atoms with Crippen molar-refractivity contribution in [2.24, 2.45) is 0 Å². The Hall–Kier alpha value is -3.15. The summed E-state index contributed by atoms with van der Waals surface area (Å²) in [6.45, 7) is 1.68. The standard InChI is InChI=1S/C17H14O6/c1-8-12(22-2)7-11(19)13-14(20)15(21)17(23-16(8)13)9-3-5-10(18)6-4-9/h3-7,18-19,21H,1-2H3. The lowest BCUT2D eigenvalue weighted by Gasteiger charge is -2.11. The lowest BCUT2D eigenvalue weighted by molar-refractivity contribution is 0.403. The molecule has 0 unspecified atom stereocenters. The molecule has 6 nitrogen and oxygen atoms in total. The van der Waals surface area contributed by atoms with E-state index in [1.165, 1.54) is 37.4 Å². The second kappa shape index (κ2) is 5.24. The molecule has 3 N–H and O–H groups in total. The first-order valence-electron chi connectivity index (χ1n) is 6.79. The minimum absolute atomic E-state index is 0.0433. The zero-order chi connectivity index (χ0) is 16.7. The number of ether oxygens (including phenoxy) is 1. The summed E-state index contributed by atoms with van der Waals surface area (Å²) in [4.78, 5) is 12.4. The molecule has 0 radical (unpaired) electrons. The topological polar surface area (TPSA) is 100 Å². The Labute approximate surface area is 130 Å². The number of hydrogen-bond acceptors (Lipinski definition) is 6. The van der Waals surface area contributed by atoms with E-state index < -0.39 is 11.2 Å². The Morgan fingerprint density at radius 3 is 2.35 bits per heavy atom. The summed E-state index contributed by atoms with van der Waals surface area (Å²) in [5.74, 6) is -0.572. The first kappa shape index (κ1) is 14.8. The van der Waals surface area contributed by atoms with Gasteiger partial charge in [-0.15, -0.1) is 0 Å². The lowest BCUT2D eigenvalue weighted by atomic mass is 10.1. The van der Waals surface area contributed by atoms with Crippen molar-refractivity contribution in [3.05, 3.63) is 46.1 Å². The highest BCUT2D eigenvalue weighted by Crippen LogP contribution is 2.38. The van der Waals surface area contributed by atoms with Gasteiger partial charge in [-0.1, -0.05) is 0 Å². The molecule has 118 valence electrons. The van der Waals surface area contributed by atoms with E-state index >= 15 is 0 Å². The largest absolute Gasteiger partial charge is 0.508 e. The van der Waals surface area contributed by atoms with Crippen LogP contribution in [0.1, 0.15) is 5.56 Å². The molecule has 0 aliphatic rings. The fraction of sp³-hybridized carbons (Fsp3) is 0.118. The van der Waals surface area contributed by atoms with E-state index in [2.05, 4.69) is 0 Å². The Bertz CT molecular complexity index is 954. The van der Waals surface area contributed by atoms with E-state index in [-0.39, 0.29) is 28.2 Å². The fourth-order valence-corrected chi connectivity index (χ4v) is 2.46. The molecule has 0 saturated carbocycles. The number of aromatic hydroxyl groups is 3. The van der Waals surface area contributed by atoms with E-state index in [0.717, 1.165) is 0 Å². The van der Waals surface area contributed by atoms with Gasteiger partial charge in [0.1, 0.15) is 28.2 Å². The molecule has 0 bridgehead atoms. The summed E-state index contributed by atoms with van der Waals surface area (Å²) >= 11 is 0. The first-order chi connectivity index (χ1) is 10.9. The van der Waals surface area contributed by atoms with Crippen LogP contribution in [-0.2, 0) is 0 Å². The van der Waals surface area contributed by atoms with Gasteiger partial charge in [0.15, 0.2) is 5.76 Å². The van der Waals surface area contributed by atoms with Gasteiger partial charge in [0.25, 0.3) is 0 Å². The molecule has 2 aromatic carbocycles. The summed E-state index contributed by atoms with van der Waals surface area (Å²) in [6, 6.07) is 7.14. The molecule has 3 aromatic rings. The second-order valence-corrected chi connectivity index (χ2v) is 5.08. The van der Waals surface area contributed by atoms with E-state index in [1.807, 2.05) is 0 Å². The van der Waals surface area contributed by atoms with Gasteiger partial charge in [0, 0.05) is 17.2 Å². The van der Waals surface area contributed by atoms with Crippen LogP contribution in [0.15, 0.2) is 39.5 Å². The van der Waals surface area contributed by atoms with Gasteiger partial charge < -0.3 is 24.5 Å². The highest BCUT2D eigenvalue weighted by atomic mass is 16.5.